The zero-order valence-electron chi connectivity index (χ0n) is 11.0. The van der Waals surface area contributed by atoms with Crippen molar-refractivity contribution in [3.8, 4) is 0 Å². The van der Waals surface area contributed by atoms with Crippen LogP contribution in [0.3, 0.4) is 0 Å². The molecule has 19 heavy (non-hydrogen) atoms. The van der Waals surface area contributed by atoms with Gasteiger partial charge in [-0.25, -0.2) is 0 Å². The molecule has 0 aliphatic carbocycles. The molecule has 0 saturated carbocycles. The highest BCUT2D eigenvalue weighted by atomic mass is 16.2. The smallest absolute Gasteiger partial charge is 0.0471 e. The van der Waals surface area contributed by atoms with Gasteiger partial charge in [-0.05, 0) is 35.6 Å². The lowest BCUT2D eigenvalue weighted by Gasteiger charge is -2.20. The maximum Gasteiger partial charge on any atom is 0.0471 e. The molecule has 1 N–H and O–H groups in total. The predicted octanol–water partition coefficient (Wildman–Crippen LogP) is 2.78. The van der Waals surface area contributed by atoms with Gasteiger partial charge in [0.15, 0.2) is 0 Å². The Morgan fingerprint density at radius 3 is 2.63 bits per heavy atom. The minimum atomic E-state index is 0.231. The van der Waals surface area contributed by atoms with Gasteiger partial charge in [-0.1, -0.05) is 42.5 Å². The molecule has 2 heteroatoms. The van der Waals surface area contributed by atoms with Crippen LogP contribution in [0.25, 0.3) is 0 Å². The van der Waals surface area contributed by atoms with Crippen LogP contribution >= 0.6 is 0 Å². The first kappa shape index (κ1) is 12.2. The molecule has 0 atom stereocenters. The van der Waals surface area contributed by atoms with Crippen LogP contribution in [-0.4, -0.2) is 18.3 Å². The van der Waals surface area contributed by atoms with Crippen LogP contribution in [0.15, 0.2) is 48.5 Å². The lowest BCUT2D eigenvalue weighted by molar-refractivity contribution is 0.299. The molecule has 0 saturated heterocycles. The van der Waals surface area contributed by atoms with Crippen molar-refractivity contribution in [2.45, 2.75) is 19.4 Å². The molecule has 1 aliphatic rings. The van der Waals surface area contributed by atoms with Crippen molar-refractivity contribution in [3.63, 3.8) is 0 Å². The monoisotopic (exact) mass is 253 g/mol. The van der Waals surface area contributed by atoms with Crippen LogP contribution in [0.4, 0.5) is 5.69 Å². The van der Waals surface area contributed by atoms with E-state index >= 15 is 0 Å². The standard InChI is InChI=1S/C17H19NO/c19-12-10-15-7-4-8-17-16(15)9-11-18(17)13-14-5-2-1-3-6-14/h1-8,19H,9-13H2. The summed E-state index contributed by atoms with van der Waals surface area (Å²) in [6.07, 6.45) is 1.86. The Morgan fingerprint density at radius 2 is 1.84 bits per heavy atom. The number of anilines is 1. The van der Waals surface area contributed by atoms with Crippen molar-refractivity contribution < 1.29 is 5.11 Å². The molecule has 98 valence electrons. The number of fused-ring (bicyclic) bond motifs is 1. The van der Waals surface area contributed by atoms with Gasteiger partial charge >= 0.3 is 0 Å². The minimum Gasteiger partial charge on any atom is -0.396 e. The summed E-state index contributed by atoms with van der Waals surface area (Å²) < 4.78 is 0. The van der Waals surface area contributed by atoms with Gasteiger partial charge in [0.05, 0.1) is 0 Å². The second-order valence-electron chi connectivity index (χ2n) is 5.05. The molecule has 0 spiro atoms. The molecule has 3 rings (SSSR count). The molecule has 0 aromatic heterocycles. The molecule has 2 aromatic carbocycles. The molecule has 2 aromatic rings. The van der Waals surface area contributed by atoms with E-state index in [4.69, 9.17) is 5.11 Å². The lowest BCUT2D eigenvalue weighted by Crippen LogP contribution is -2.19. The summed E-state index contributed by atoms with van der Waals surface area (Å²) in [5.74, 6) is 0. The number of nitrogens with zero attached hydrogens (tertiary/aromatic N) is 1. The Hall–Kier alpha value is -1.80. The van der Waals surface area contributed by atoms with E-state index in [1.165, 1.54) is 22.4 Å². The highest BCUT2D eigenvalue weighted by molar-refractivity contribution is 5.61. The molecule has 0 radical (unpaired) electrons. The van der Waals surface area contributed by atoms with Crippen LogP contribution < -0.4 is 4.90 Å². The fraction of sp³-hybridized carbons (Fsp3) is 0.294. The Kier molecular flexibility index (Phi) is 3.51. The van der Waals surface area contributed by atoms with Crippen LogP contribution in [0.1, 0.15) is 16.7 Å². The number of aliphatic hydroxyl groups is 1. The molecule has 1 aliphatic heterocycles. The van der Waals surface area contributed by atoms with Gasteiger partial charge in [0.25, 0.3) is 0 Å². The largest absolute Gasteiger partial charge is 0.396 e. The molecular weight excluding hydrogens is 234 g/mol. The molecule has 0 bridgehead atoms. The van der Waals surface area contributed by atoms with Gasteiger partial charge in [0.1, 0.15) is 0 Å². The van der Waals surface area contributed by atoms with Gasteiger partial charge in [-0.2, -0.15) is 0 Å². The fourth-order valence-electron chi connectivity index (χ4n) is 2.90. The van der Waals surface area contributed by atoms with E-state index in [0.717, 1.165) is 25.9 Å². The normalized spacial score (nSPS) is 13.6. The second-order valence-corrected chi connectivity index (χ2v) is 5.05. The molecule has 0 amide bonds. The third-order valence-electron chi connectivity index (χ3n) is 3.82. The van der Waals surface area contributed by atoms with E-state index in [-0.39, 0.29) is 6.61 Å². The summed E-state index contributed by atoms with van der Waals surface area (Å²) >= 11 is 0. The Balaban J connectivity index is 1.84. The maximum atomic E-state index is 9.14. The van der Waals surface area contributed by atoms with Crippen LogP contribution in [0.2, 0.25) is 0 Å². The van der Waals surface area contributed by atoms with Crippen LogP contribution in [0.5, 0.6) is 0 Å². The topological polar surface area (TPSA) is 23.5 Å². The van der Waals surface area contributed by atoms with E-state index < -0.39 is 0 Å². The van der Waals surface area contributed by atoms with Crippen molar-refractivity contribution in [2.24, 2.45) is 0 Å². The summed E-state index contributed by atoms with van der Waals surface area (Å²) in [6.45, 7) is 2.28. The number of benzene rings is 2. The van der Waals surface area contributed by atoms with Crippen LogP contribution in [0, 0.1) is 0 Å². The van der Waals surface area contributed by atoms with Crippen molar-refractivity contribution in [2.75, 3.05) is 18.1 Å². The minimum absolute atomic E-state index is 0.231. The number of hydrogen-bond acceptors (Lipinski definition) is 2. The van der Waals surface area contributed by atoms with Gasteiger partial charge in [0.2, 0.25) is 0 Å². The number of hydrogen-bond donors (Lipinski definition) is 1. The zero-order chi connectivity index (χ0) is 13.1. The van der Waals surface area contributed by atoms with E-state index in [0.29, 0.717) is 0 Å². The van der Waals surface area contributed by atoms with E-state index in [1.54, 1.807) is 0 Å². The van der Waals surface area contributed by atoms with Crippen molar-refractivity contribution >= 4 is 5.69 Å². The first-order valence-electron chi connectivity index (χ1n) is 6.89. The predicted molar refractivity (Wildman–Crippen MR) is 78.4 cm³/mol. The number of aliphatic hydroxyl groups excluding tert-OH is 1. The van der Waals surface area contributed by atoms with Crippen molar-refractivity contribution in [1.82, 2.24) is 0 Å². The van der Waals surface area contributed by atoms with E-state index in [1.807, 2.05) is 0 Å². The molecule has 1 heterocycles. The summed E-state index contributed by atoms with van der Waals surface area (Å²) in [7, 11) is 0. The van der Waals surface area contributed by atoms with Gasteiger partial charge in [-0.3, -0.25) is 0 Å². The molecule has 0 fully saturated rings. The first-order chi connectivity index (χ1) is 9.38. The Bertz CT molecular complexity index is 550. The van der Waals surface area contributed by atoms with Crippen molar-refractivity contribution in [1.29, 1.82) is 0 Å². The van der Waals surface area contributed by atoms with Crippen LogP contribution in [-0.2, 0) is 19.4 Å². The quantitative estimate of drug-likeness (QED) is 0.905. The highest BCUT2D eigenvalue weighted by Crippen LogP contribution is 2.32. The Labute approximate surface area is 114 Å². The number of rotatable bonds is 4. The highest BCUT2D eigenvalue weighted by Gasteiger charge is 2.21. The molecule has 2 nitrogen and oxygen atoms in total. The SMILES string of the molecule is OCCc1cccc2c1CCN2Cc1ccccc1. The molecule has 0 unspecified atom stereocenters. The molecular formula is C17H19NO. The summed E-state index contributed by atoms with van der Waals surface area (Å²) in [5.41, 5.74) is 5.42. The van der Waals surface area contributed by atoms with Gasteiger partial charge in [0, 0.05) is 25.4 Å². The second kappa shape index (κ2) is 5.45. The average molecular weight is 253 g/mol. The third-order valence-corrected chi connectivity index (χ3v) is 3.82. The Morgan fingerprint density at radius 1 is 1.00 bits per heavy atom. The first-order valence-corrected chi connectivity index (χ1v) is 6.89. The van der Waals surface area contributed by atoms with E-state index in [2.05, 4.69) is 53.4 Å². The van der Waals surface area contributed by atoms with Crippen molar-refractivity contribution in [3.05, 3.63) is 65.2 Å². The average Bonchev–Trinajstić information content (AvgIpc) is 2.85. The summed E-state index contributed by atoms with van der Waals surface area (Å²) in [4.78, 5) is 2.44. The lowest BCUT2D eigenvalue weighted by atomic mass is 10.0. The zero-order valence-corrected chi connectivity index (χ0v) is 11.0. The maximum absolute atomic E-state index is 9.14. The summed E-state index contributed by atoms with van der Waals surface area (Å²) in [5, 5.41) is 9.14. The van der Waals surface area contributed by atoms with E-state index in [9.17, 15) is 0 Å². The van der Waals surface area contributed by atoms with Gasteiger partial charge < -0.3 is 10.0 Å². The fourth-order valence-corrected chi connectivity index (χ4v) is 2.90. The van der Waals surface area contributed by atoms with Gasteiger partial charge in [-0.15, -0.1) is 0 Å². The third kappa shape index (κ3) is 2.49. The summed E-state index contributed by atoms with van der Waals surface area (Å²) in [6, 6.07) is 17.0.